The Morgan fingerprint density at radius 2 is 2.19 bits per heavy atom. The lowest BCUT2D eigenvalue weighted by Crippen LogP contribution is -2.06. The van der Waals surface area contributed by atoms with Crippen LogP contribution in [0.15, 0.2) is 41.0 Å². The summed E-state index contributed by atoms with van der Waals surface area (Å²) in [6.07, 6.45) is 1.68. The molecule has 1 aromatic heterocycles. The predicted molar refractivity (Wildman–Crippen MR) is 63.5 cm³/mol. The highest BCUT2D eigenvalue weighted by Crippen LogP contribution is 2.27. The first-order chi connectivity index (χ1) is 7.85. The van der Waals surface area contributed by atoms with Crippen molar-refractivity contribution in [2.75, 3.05) is 14.2 Å². The second-order valence-corrected chi connectivity index (χ2v) is 3.53. The molecule has 0 atom stereocenters. The molecular weight excluding hydrogens is 202 g/mol. The average Bonchev–Trinajstić information content (AvgIpc) is 2.83. The quantitative estimate of drug-likeness (QED) is 0.855. The summed E-state index contributed by atoms with van der Waals surface area (Å²) in [5.74, 6) is 1.74. The van der Waals surface area contributed by atoms with Gasteiger partial charge in [0.2, 0.25) is 0 Å². The maximum Gasteiger partial charge on any atom is 0.134 e. The number of ether oxygens (including phenoxy) is 1. The van der Waals surface area contributed by atoms with Crippen molar-refractivity contribution in [3.63, 3.8) is 0 Å². The Balaban J connectivity index is 2.44. The maximum atomic E-state index is 5.41. The van der Waals surface area contributed by atoms with Crippen molar-refractivity contribution in [2.45, 2.75) is 6.54 Å². The standard InChI is InChI=1S/C13H15NO2/c1-14-9-10-8-11(15-2)5-6-12(10)13-4-3-7-16-13/h3-8,14H,9H2,1-2H3. The second-order valence-electron chi connectivity index (χ2n) is 3.53. The molecule has 3 heteroatoms. The molecule has 0 saturated carbocycles. The van der Waals surface area contributed by atoms with Gasteiger partial charge in [-0.25, -0.2) is 0 Å². The molecule has 0 bridgehead atoms. The van der Waals surface area contributed by atoms with Crippen molar-refractivity contribution >= 4 is 0 Å². The van der Waals surface area contributed by atoms with Crippen molar-refractivity contribution in [1.29, 1.82) is 0 Å². The van der Waals surface area contributed by atoms with Crippen molar-refractivity contribution < 1.29 is 9.15 Å². The molecule has 1 N–H and O–H groups in total. The van der Waals surface area contributed by atoms with Crippen LogP contribution in [0.1, 0.15) is 5.56 Å². The first kappa shape index (κ1) is 10.8. The number of methoxy groups -OCH3 is 1. The van der Waals surface area contributed by atoms with Gasteiger partial charge in [-0.05, 0) is 42.9 Å². The maximum absolute atomic E-state index is 5.41. The zero-order chi connectivity index (χ0) is 11.4. The highest BCUT2D eigenvalue weighted by molar-refractivity contribution is 5.63. The molecule has 0 saturated heterocycles. The van der Waals surface area contributed by atoms with Crippen LogP contribution in [-0.2, 0) is 6.54 Å². The first-order valence-electron chi connectivity index (χ1n) is 5.20. The summed E-state index contributed by atoms with van der Waals surface area (Å²) >= 11 is 0. The summed E-state index contributed by atoms with van der Waals surface area (Å²) in [5, 5.41) is 3.14. The summed E-state index contributed by atoms with van der Waals surface area (Å²) in [6.45, 7) is 0.785. The molecule has 1 heterocycles. The molecule has 0 aliphatic heterocycles. The van der Waals surface area contributed by atoms with E-state index in [2.05, 4.69) is 5.32 Å². The number of furan rings is 1. The summed E-state index contributed by atoms with van der Waals surface area (Å²) in [6, 6.07) is 9.83. The lowest BCUT2D eigenvalue weighted by atomic mass is 10.0. The second kappa shape index (κ2) is 4.86. The molecule has 3 nitrogen and oxygen atoms in total. The van der Waals surface area contributed by atoms with E-state index >= 15 is 0 Å². The topological polar surface area (TPSA) is 34.4 Å². The fourth-order valence-corrected chi connectivity index (χ4v) is 1.71. The van der Waals surface area contributed by atoms with E-state index in [4.69, 9.17) is 9.15 Å². The van der Waals surface area contributed by atoms with Gasteiger partial charge in [0, 0.05) is 12.1 Å². The van der Waals surface area contributed by atoms with E-state index in [1.165, 1.54) is 0 Å². The van der Waals surface area contributed by atoms with Gasteiger partial charge in [0.25, 0.3) is 0 Å². The van der Waals surface area contributed by atoms with Gasteiger partial charge in [0.15, 0.2) is 0 Å². The third kappa shape index (κ3) is 2.09. The van der Waals surface area contributed by atoms with Crippen LogP contribution in [-0.4, -0.2) is 14.2 Å². The van der Waals surface area contributed by atoms with Crippen LogP contribution >= 0.6 is 0 Å². The minimum absolute atomic E-state index is 0.785. The van der Waals surface area contributed by atoms with E-state index < -0.39 is 0 Å². The Bertz CT molecular complexity index is 449. The molecule has 0 aliphatic carbocycles. The van der Waals surface area contributed by atoms with Crippen LogP contribution in [0.2, 0.25) is 0 Å². The van der Waals surface area contributed by atoms with Crippen LogP contribution in [0.5, 0.6) is 5.75 Å². The van der Waals surface area contributed by atoms with Crippen molar-refractivity contribution in [2.24, 2.45) is 0 Å². The van der Waals surface area contributed by atoms with E-state index in [9.17, 15) is 0 Å². The fourth-order valence-electron chi connectivity index (χ4n) is 1.71. The van der Waals surface area contributed by atoms with Gasteiger partial charge >= 0.3 is 0 Å². The Kier molecular flexibility index (Phi) is 3.27. The minimum Gasteiger partial charge on any atom is -0.497 e. The number of hydrogen-bond donors (Lipinski definition) is 1. The van der Waals surface area contributed by atoms with Crippen LogP contribution in [0.3, 0.4) is 0 Å². The smallest absolute Gasteiger partial charge is 0.134 e. The number of nitrogens with one attached hydrogen (secondary N) is 1. The normalized spacial score (nSPS) is 10.4. The zero-order valence-electron chi connectivity index (χ0n) is 9.49. The minimum atomic E-state index is 0.785. The van der Waals surface area contributed by atoms with Gasteiger partial charge in [-0.2, -0.15) is 0 Å². The lowest BCUT2D eigenvalue weighted by molar-refractivity contribution is 0.414. The lowest BCUT2D eigenvalue weighted by Gasteiger charge is -2.09. The van der Waals surface area contributed by atoms with E-state index in [0.29, 0.717) is 0 Å². The Morgan fingerprint density at radius 3 is 2.81 bits per heavy atom. The van der Waals surface area contributed by atoms with E-state index in [1.807, 2.05) is 37.4 Å². The number of hydrogen-bond acceptors (Lipinski definition) is 3. The molecule has 0 spiro atoms. The van der Waals surface area contributed by atoms with E-state index in [0.717, 1.165) is 29.2 Å². The molecule has 0 unspecified atom stereocenters. The van der Waals surface area contributed by atoms with Crippen molar-refractivity contribution in [3.8, 4) is 17.1 Å². The van der Waals surface area contributed by atoms with Crippen LogP contribution in [0.25, 0.3) is 11.3 Å². The third-order valence-corrected chi connectivity index (χ3v) is 2.47. The highest BCUT2D eigenvalue weighted by Gasteiger charge is 2.08. The predicted octanol–water partition coefficient (Wildman–Crippen LogP) is 2.67. The third-order valence-electron chi connectivity index (χ3n) is 2.47. The summed E-state index contributed by atoms with van der Waals surface area (Å²) < 4.78 is 10.6. The Hall–Kier alpha value is -1.74. The summed E-state index contributed by atoms with van der Waals surface area (Å²) in [5.41, 5.74) is 2.26. The molecule has 0 amide bonds. The molecule has 0 fully saturated rings. The Morgan fingerprint density at radius 1 is 1.31 bits per heavy atom. The molecule has 2 aromatic rings. The molecule has 1 aromatic carbocycles. The molecule has 16 heavy (non-hydrogen) atoms. The largest absolute Gasteiger partial charge is 0.497 e. The van der Waals surface area contributed by atoms with Crippen molar-refractivity contribution in [1.82, 2.24) is 5.32 Å². The van der Waals surface area contributed by atoms with Gasteiger partial charge < -0.3 is 14.5 Å². The molecule has 2 rings (SSSR count). The van der Waals surface area contributed by atoms with Crippen LogP contribution < -0.4 is 10.1 Å². The fraction of sp³-hybridized carbons (Fsp3) is 0.231. The molecule has 84 valence electrons. The zero-order valence-corrected chi connectivity index (χ0v) is 9.49. The van der Waals surface area contributed by atoms with Gasteiger partial charge in [0.1, 0.15) is 11.5 Å². The Labute approximate surface area is 95.0 Å². The van der Waals surface area contributed by atoms with Crippen molar-refractivity contribution in [3.05, 3.63) is 42.2 Å². The van der Waals surface area contributed by atoms with Gasteiger partial charge in [-0.1, -0.05) is 0 Å². The SMILES string of the molecule is CNCc1cc(OC)ccc1-c1ccco1. The van der Waals surface area contributed by atoms with Crippen LogP contribution in [0, 0.1) is 0 Å². The number of rotatable bonds is 4. The number of benzene rings is 1. The van der Waals surface area contributed by atoms with E-state index in [1.54, 1.807) is 13.4 Å². The molecule has 0 radical (unpaired) electrons. The van der Waals surface area contributed by atoms with Crippen LogP contribution in [0.4, 0.5) is 0 Å². The summed E-state index contributed by atoms with van der Waals surface area (Å²) in [4.78, 5) is 0. The van der Waals surface area contributed by atoms with Gasteiger partial charge in [0.05, 0.1) is 13.4 Å². The first-order valence-corrected chi connectivity index (χ1v) is 5.20. The molecular formula is C13H15NO2. The summed E-state index contributed by atoms with van der Waals surface area (Å²) in [7, 11) is 3.59. The monoisotopic (exact) mass is 217 g/mol. The molecule has 0 aliphatic rings. The van der Waals surface area contributed by atoms with E-state index in [-0.39, 0.29) is 0 Å². The average molecular weight is 217 g/mol. The van der Waals surface area contributed by atoms with Gasteiger partial charge in [-0.15, -0.1) is 0 Å². The highest BCUT2D eigenvalue weighted by atomic mass is 16.5. The van der Waals surface area contributed by atoms with Gasteiger partial charge in [-0.3, -0.25) is 0 Å².